The summed E-state index contributed by atoms with van der Waals surface area (Å²) >= 11 is 0. The molecule has 0 heterocycles. The summed E-state index contributed by atoms with van der Waals surface area (Å²) in [5.41, 5.74) is 6.62. The van der Waals surface area contributed by atoms with Gasteiger partial charge in [0, 0.05) is 25.2 Å². The molecule has 0 bridgehead atoms. The zero-order valence-electron chi connectivity index (χ0n) is 10.3. The largest absolute Gasteiger partial charge is 0.352 e. The third kappa shape index (κ3) is 5.31. The lowest BCUT2D eigenvalue weighted by atomic mass is 10.2. The van der Waals surface area contributed by atoms with Crippen molar-refractivity contribution < 1.29 is 9.59 Å². The Kier molecular flexibility index (Phi) is 5.66. The van der Waals surface area contributed by atoms with Crippen molar-refractivity contribution in [1.29, 1.82) is 0 Å². The molecule has 0 saturated heterocycles. The minimum atomic E-state index is -0.556. The number of amides is 3. The fraction of sp³-hybridized carbons (Fsp3) is 0.333. The second-order valence-corrected chi connectivity index (χ2v) is 3.82. The Morgan fingerprint density at radius 3 is 2.44 bits per heavy atom. The normalized spacial score (nSPS) is 9.83. The predicted molar refractivity (Wildman–Crippen MR) is 70.0 cm³/mol. The van der Waals surface area contributed by atoms with Gasteiger partial charge in [-0.2, -0.15) is 0 Å². The number of rotatable bonds is 6. The number of hydrogen-bond donors (Lipinski definition) is 4. The van der Waals surface area contributed by atoms with Gasteiger partial charge in [-0.3, -0.25) is 4.79 Å². The van der Waals surface area contributed by atoms with Crippen LogP contribution in [0.4, 0.5) is 10.5 Å². The van der Waals surface area contributed by atoms with E-state index in [-0.39, 0.29) is 5.91 Å². The van der Waals surface area contributed by atoms with Crippen molar-refractivity contribution in [2.24, 2.45) is 5.73 Å². The van der Waals surface area contributed by atoms with Crippen molar-refractivity contribution in [2.45, 2.75) is 13.0 Å². The highest BCUT2D eigenvalue weighted by molar-refractivity contribution is 5.90. The maximum absolute atomic E-state index is 11.4. The van der Waals surface area contributed by atoms with Crippen LogP contribution >= 0.6 is 0 Å². The summed E-state index contributed by atoms with van der Waals surface area (Å²) in [6, 6.07) is 6.66. The average Bonchev–Trinajstić information content (AvgIpc) is 2.35. The number of urea groups is 1. The number of carbonyl (C=O) groups is 2. The molecule has 5 N–H and O–H groups in total. The van der Waals surface area contributed by atoms with E-state index in [4.69, 9.17) is 5.73 Å². The maximum atomic E-state index is 11.4. The van der Waals surface area contributed by atoms with Crippen LogP contribution in [0.3, 0.4) is 0 Å². The summed E-state index contributed by atoms with van der Waals surface area (Å²) in [4.78, 5) is 22.0. The monoisotopic (exact) mass is 250 g/mol. The number of anilines is 1. The first kappa shape index (κ1) is 14.0. The molecule has 0 saturated carbocycles. The molecule has 6 nitrogen and oxygen atoms in total. The van der Waals surface area contributed by atoms with Crippen LogP contribution in [-0.2, 0) is 11.3 Å². The van der Waals surface area contributed by atoms with E-state index in [9.17, 15) is 9.59 Å². The summed E-state index contributed by atoms with van der Waals surface area (Å²) in [6.07, 6.45) is 0.432. The van der Waals surface area contributed by atoms with Crippen molar-refractivity contribution in [2.75, 3.05) is 18.9 Å². The number of nitrogens with one attached hydrogen (secondary N) is 3. The second-order valence-electron chi connectivity index (χ2n) is 3.82. The Bertz CT molecular complexity index is 403. The van der Waals surface area contributed by atoms with Gasteiger partial charge in [0.25, 0.3) is 0 Å². The quantitative estimate of drug-likeness (QED) is 0.588. The lowest BCUT2D eigenvalue weighted by molar-refractivity contribution is -0.116. The Hall–Kier alpha value is -2.08. The summed E-state index contributed by atoms with van der Waals surface area (Å²) < 4.78 is 0. The van der Waals surface area contributed by atoms with Gasteiger partial charge in [0.2, 0.25) is 5.91 Å². The molecule has 1 aromatic rings. The highest BCUT2D eigenvalue weighted by Gasteiger charge is 2.01. The number of primary amides is 1. The van der Waals surface area contributed by atoms with Crippen molar-refractivity contribution >= 4 is 17.6 Å². The van der Waals surface area contributed by atoms with Crippen LogP contribution in [0, 0.1) is 0 Å². The molecular weight excluding hydrogens is 232 g/mol. The van der Waals surface area contributed by atoms with Gasteiger partial charge in [-0.05, 0) is 24.7 Å². The molecule has 6 heteroatoms. The van der Waals surface area contributed by atoms with Gasteiger partial charge in [-0.1, -0.05) is 12.1 Å². The van der Waals surface area contributed by atoms with Gasteiger partial charge >= 0.3 is 6.03 Å². The Morgan fingerprint density at radius 2 is 1.89 bits per heavy atom. The van der Waals surface area contributed by atoms with Gasteiger partial charge in [-0.15, -0.1) is 0 Å². The molecule has 0 aliphatic heterocycles. The van der Waals surface area contributed by atoms with E-state index in [1.54, 1.807) is 19.2 Å². The molecule has 0 aromatic heterocycles. The first-order chi connectivity index (χ1) is 8.61. The van der Waals surface area contributed by atoms with Crippen LogP contribution in [0.2, 0.25) is 0 Å². The van der Waals surface area contributed by atoms with E-state index in [2.05, 4.69) is 16.0 Å². The van der Waals surface area contributed by atoms with E-state index < -0.39 is 6.03 Å². The van der Waals surface area contributed by atoms with Crippen molar-refractivity contribution in [3.8, 4) is 0 Å². The first-order valence-corrected chi connectivity index (χ1v) is 5.68. The van der Waals surface area contributed by atoms with E-state index in [1.165, 1.54) is 0 Å². The lowest BCUT2D eigenvalue weighted by Crippen LogP contribution is -2.28. The Morgan fingerprint density at radius 1 is 1.22 bits per heavy atom. The molecule has 0 fully saturated rings. The SMILES string of the molecule is CNCCC(=O)Nc1ccc(CNC(N)=O)cc1. The van der Waals surface area contributed by atoms with E-state index in [1.807, 2.05) is 12.1 Å². The van der Waals surface area contributed by atoms with Gasteiger partial charge < -0.3 is 21.7 Å². The molecule has 18 heavy (non-hydrogen) atoms. The van der Waals surface area contributed by atoms with Crippen LogP contribution in [0.15, 0.2) is 24.3 Å². The molecule has 1 aromatic carbocycles. The van der Waals surface area contributed by atoms with Crippen LogP contribution < -0.4 is 21.7 Å². The summed E-state index contributed by atoms with van der Waals surface area (Å²) in [5.74, 6) is -0.0349. The zero-order chi connectivity index (χ0) is 13.4. The molecule has 3 amide bonds. The second kappa shape index (κ2) is 7.29. The summed E-state index contributed by atoms with van der Waals surface area (Å²) in [5, 5.41) is 8.18. The fourth-order valence-electron chi connectivity index (χ4n) is 1.36. The molecule has 0 aliphatic rings. The highest BCUT2D eigenvalue weighted by atomic mass is 16.2. The van der Waals surface area contributed by atoms with Crippen molar-refractivity contribution in [3.05, 3.63) is 29.8 Å². The third-order valence-electron chi connectivity index (χ3n) is 2.31. The first-order valence-electron chi connectivity index (χ1n) is 5.68. The van der Waals surface area contributed by atoms with Crippen LogP contribution in [0.1, 0.15) is 12.0 Å². The summed E-state index contributed by atoms with van der Waals surface area (Å²) in [6.45, 7) is 1.02. The standard InChI is InChI=1S/C12H18N4O2/c1-14-7-6-11(17)16-10-4-2-9(3-5-10)8-15-12(13)18/h2-5,14H,6-8H2,1H3,(H,16,17)(H3,13,15,18). The Balaban J connectivity index is 2.44. The molecule has 1 rings (SSSR count). The third-order valence-corrected chi connectivity index (χ3v) is 2.31. The molecule has 0 radical (unpaired) electrons. The zero-order valence-corrected chi connectivity index (χ0v) is 10.3. The molecule has 0 unspecified atom stereocenters. The molecular formula is C12H18N4O2. The number of nitrogens with two attached hydrogens (primary N) is 1. The minimum Gasteiger partial charge on any atom is -0.352 e. The van der Waals surface area contributed by atoms with E-state index in [0.29, 0.717) is 19.5 Å². The molecule has 0 aliphatic carbocycles. The van der Waals surface area contributed by atoms with Gasteiger partial charge in [0.1, 0.15) is 0 Å². The number of benzene rings is 1. The summed E-state index contributed by atoms with van der Waals surface area (Å²) in [7, 11) is 1.80. The van der Waals surface area contributed by atoms with Crippen molar-refractivity contribution in [1.82, 2.24) is 10.6 Å². The van der Waals surface area contributed by atoms with Crippen LogP contribution in [-0.4, -0.2) is 25.5 Å². The fourth-order valence-corrected chi connectivity index (χ4v) is 1.36. The molecule has 98 valence electrons. The predicted octanol–water partition coefficient (Wildman–Crippen LogP) is 0.403. The lowest BCUT2D eigenvalue weighted by Gasteiger charge is -2.06. The molecule has 0 atom stereocenters. The number of carbonyl (C=O) groups excluding carboxylic acids is 2. The topological polar surface area (TPSA) is 96.2 Å². The van der Waals surface area contributed by atoms with E-state index >= 15 is 0 Å². The minimum absolute atomic E-state index is 0.0349. The number of hydrogen-bond acceptors (Lipinski definition) is 3. The highest BCUT2D eigenvalue weighted by Crippen LogP contribution is 2.09. The van der Waals surface area contributed by atoms with Gasteiger partial charge in [0.15, 0.2) is 0 Å². The van der Waals surface area contributed by atoms with Crippen LogP contribution in [0.25, 0.3) is 0 Å². The van der Waals surface area contributed by atoms with Crippen molar-refractivity contribution in [3.63, 3.8) is 0 Å². The Labute approximate surface area is 106 Å². The van der Waals surface area contributed by atoms with E-state index in [0.717, 1.165) is 11.3 Å². The maximum Gasteiger partial charge on any atom is 0.312 e. The van der Waals surface area contributed by atoms with Gasteiger partial charge in [0.05, 0.1) is 0 Å². The molecule has 0 spiro atoms. The van der Waals surface area contributed by atoms with Crippen LogP contribution in [0.5, 0.6) is 0 Å². The average molecular weight is 250 g/mol. The van der Waals surface area contributed by atoms with Gasteiger partial charge in [-0.25, -0.2) is 4.79 Å². The smallest absolute Gasteiger partial charge is 0.312 e.